The molecule has 2 heterocycles. The van der Waals surface area contributed by atoms with E-state index < -0.39 is 6.10 Å². The summed E-state index contributed by atoms with van der Waals surface area (Å²) in [6.45, 7) is 3.93. The lowest BCUT2D eigenvalue weighted by molar-refractivity contribution is 0.0655. The van der Waals surface area contributed by atoms with Crippen LogP contribution in [0, 0.1) is 12.8 Å². The van der Waals surface area contributed by atoms with Crippen LogP contribution in [-0.4, -0.2) is 88.3 Å². The molecule has 3 aromatic rings. The summed E-state index contributed by atoms with van der Waals surface area (Å²) in [4.78, 5) is 20.8. The van der Waals surface area contributed by atoms with Gasteiger partial charge in [0.25, 0.3) is 0 Å². The van der Waals surface area contributed by atoms with Crippen molar-refractivity contribution in [2.75, 3.05) is 46.0 Å². The van der Waals surface area contributed by atoms with Crippen molar-refractivity contribution in [3.8, 4) is 5.75 Å². The molecule has 0 fully saturated rings. The summed E-state index contributed by atoms with van der Waals surface area (Å²) in [5, 5.41) is 30.5. The summed E-state index contributed by atoms with van der Waals surface area (Å²) in [7, 11) is 0. The Hall–Kier alpha value is -3.34. The smallest absolute Gasteiger partial charge is 0.415 e. The number of hydrogen-bond donors (Lipinski definition) is 4. The molecule has 230 valence electrons. The van der Waals surface area contributed by atoms with E-state index in [0.29, 0.717) is 62.8 Å². The first-order valence-corrected chi connectivity index (χ1v) is 15.2. The van der Waals surface area contributed by atoms with E-state index in [9.17, 15) is 20.1 Å². The Kier molecular flexibility index (Phi) is 10.4. The largest absolute Gasteiger partial charge is 0.494 e. The van der Waals surface area contributed by atoms with E-state index in [-0.39, 0.29) is 31.3 Å². The molecule has 3 unspecified atom stereocenters. The first kappa shape index (κ1) is 31.1. The number of allylic oxidation sites excluding steroid dienone is 2. The lowest BCUT2D eigenvalue weighted by Gasteiger charge is -2.39. The molecule has 5 rings (SSSR count). The molecule has 1 aliphatic carbocycles. The van der Waals surface area contributed by atoms with Crippen molar-refractivity contribution < 1.29 is 29.6 Å². The molecule has 0 spiro atoms. The molecular weight excluding hydrogens is 570 g/mol. The van der Waals surface area contributed by atoms with Crippen LogP contribution in [0.15, 0.2) is 66.5 Å². The molecule has 1 amide bonds. The van der Waals surface area contributed by atoms with E-state index in [4.69, 9.17) is 21.1 Å². The number of aromatic nitrogens is 1. The third kappa shape index (κ3) is 7.60. The molecule has 0 saturated carbocycles. The number of ether oxygens (including phenoxy) is 2. The van der Waals surface area contributed by atoms with E-state index in [1.165, 1.54) is 5.56 Å². The number of aliphatic hydroxyl groups excluding tert-OH is 3. The molecule has 1 aliphatic heterocycles. The number of hydrogen-bond acceptors (Lipinski definition) is 7. The van der Waals surface area contributed by atoms with Gasteiger partial charge in [-0.2, -0.15) is 0 Å². The number of halogens is 1. The number of benzene rings is 2. The Morgan fingerprint density at radius 2 is 1.93 bits per heavy atom. The molecular formula is C33H40ClN3O6. The molecule has 0 saturated heterocycles. The number of nitrogens with zero attached hydrogens (tertiary/aromatic N) is 2. The average Bonchev–Trinajstić information content (AvgIpc) is 3.36. The first-order valence-electron chi connectivity index (χ1n) is 14.8. The molecule has 0 radical (unpaired) electrons. The van der Waals surface area contributed by atoms with Crippen LogP contribution in [0.25, 0.3) is 10.9 Å². The van der Waals surface area contributed by atoms with Gasteiger partial charge >= 0.3 is 6.09 Å². The maximum absolute atomic E-state index is 13.6. The number of aromatic amines is 1. The van der Waals surface area contributed by atoms with Crippen molar-refractivity contribution >= 4 is 28.6 Å². The Bertz CT molecular complexity index is 1450. The number of fused-ring (bicyclic) bond motifs is 3. The average molecular weight is 610 g/mol. The molecule has 0 bridgehead atoms. The minimum Gasteiger partial charge on any atom is -0.494 e. The number of carbonyl (C=O) groups is 1. The van der Waals surface area contributed by atoms with Crippen molar-refractivity contribution in [2.45, 2.75) is 38.3 Å². The zero-order valence-electron chi connectivity index (χ0n) is 24.4. The zero-order valence-corrected chi connectivity index (χ0v) is 25.2. The summed E-state index contributed by atoms with van der Waals surface area (Å²) in [5.41, 5.74) is 4.25. The fourth-order valence-electron chi connectivity index (χ4n) is 5.94. The molecule has 3 atom stereocenters. The van der Waals surface area contributed by atoms with Gasteiger partial charge in [0.2, 0.25) is 0 Å². The van der Waals surface area contributed by atoms with Gasteiger partial charge in [0.15, 0.2) is 0 Å². The van der Waals surface area contributed by atoms with Crippen molar-refractivity contribution in [2.24, 2.45) is 5.92 Å². The van der Waals surface area contributed by atoms with Crippen molar-refractivity contribution in [3.05, 3.63) is 88.3 Å². The van der Waals surface area contributed by atoms with E-state index in [1.807, 2.05) is 71.3 Å². The quantitative estimate of drug-likeness (QED) is 0.234. The predicted octanol–water partition coefficient (Wildman–Crippen LogP) is 4.74. The van der Waals surface area contributed by atoms with Gasteiger partial charge in [-0.3, -0.25) is 9.80 Å². The van der Waals surface area contributed by atoms with Crippen LogP contribution in [0.5, 0.6) is 5.75 Å². The number of nitrogens with one attached hydrogen (secondary N) is 1. The topological polar surface area (TPSA) is 118 Å². The van der Waals surface area contributed by atoms with E-state index in [2.05, 4.69) is 11.1 Å². The van der Waals surface area contributed by atoms with E-state index in [0.717, 1.165) is 27.9 Å². The molecule has 4 N–H and O–H groups in total. The van der Waals surface area contributed by atoms with Gasteiger partial charge in [-0.25, -0.2) is 4.79 Å². The fourth-order valence-corrected chi connectivity index (χ4v) is 6.12. The maximum Gasteiger partial charge on any atom is 0.415 e. The fraction of sp³-hybridized carbons (Fsp3) is 0.424. The Morgan fingerprint density at radius 3 is 2.63 bits per heavy atom. The third-order valence-corrected chi connectivity index (χ3v) is 8.36. The molecule has 9 nitrogen and oxygen atoms in total. The van der Waals surface area contributed by atoms with Gasteiger partial charge in [-0.15, -0.1) is 0 Å². The van der Waals surface area contributed by atoms with Crippen LogP contribution in [0.1, 0.15) is 35.7 Å². The van der Waals surface area contributed by atoms with Gasteiger partial charge in [-0.05, 0) is 67.8 Å². The second-order valence-electron chi connectivity index (χ2n) is 11.2. The maximum atomic E-state index is 13.6. The van der Waals surface area contributed by atoms with Crippen LogP contribution >= 0.6 is 11.6 Å². The lowest BCUT2D eigenvalue weighted by Crippen LogP contribution is -2.44. The SMILES string of the molecule is Cc1ccc(OC(=O)N2CCc3c([nH]c4ccc(Cl)cc34)C2C2C=CC(OCCC(O)CN(CCO)CCO)=CC2)cc1. The second kappa shape index (κ2) is 14.4. The minimum absolute atomic E-state index is 0.0170. The predicted molar refractivity (Wildman–Crippen MR) is 166 cm³/mol. The number of rotatable bonds is 12. The highest BCUT2D eigenvalue weighted by Crippen LogP contribution is 2.42. The summed E-state index contributed by atoms with van der Waals surface area (Å²) >= 11 is 6.34. The van der Waals surface area contributed by atoms with Gasteiger partial charge < -0.3 is 29.8 Å². The van der Waals surface area contributed by atoms with Crippen molar-refractivity contribution in [1.29, 1.82) is 0 Å². The summed E-state index contributed by atoms with van der Waals surface area (Å²) < 4.78 is 11.8. The van der Waals surface area contributed by atoms with Crippen LogP contribution in [-0.2, 0) is 11.2 Å². The highest BCUT2D eigenvalue weighted by atomic mass is 35.5. The zero-order chi connectivity index (χ0) is 30.3. The number of carbonyl (C=O) groups excluding carboxylic acids is 1. The molecule has 10 heteroatoms. The van der Waals surface area contributed by atoms with E-state index >= 15 is 0 Å². The van der Waals surface area contributed by atoms with Crippen LogP contribution < -0.4 is 4.74 Å². The van der Waals surface area contributed by atoms with Crippen molar-refractivity contribution in [1.82, 2.24) is 14.8 Å². The summed E-state index contributed by atoms with van der Waals surface area (Å²) in [5.74, 6) is 1.22. The highest BCUT2D eigenvalue weighted by Gasteiger charge is 2.39. The van der Waals surface area contributed by atoms with Crippen LogP contribution in [0.2, 0.25) is 5.02 Å². The van der Waals surface area contributed by atoms with Gasteiger partial charge in [0.1, 0.15) is 11.5 Å². The third-order valence-electron chi connectivity index (χ3n) is 8.12. The molecule has 2 aromatic carbocycles. The number of amides is 1. The van der Waals surface area contributed by atoms with E-state index in [1.54, 1.807) is 0 Å². The van der Waals surface area contributed by atoms with Gasteiger partial charge in [0, 0.05) is 60.1 Å². The Balaban J connectivity index is 1.28. The second-order valence-corrected chi connectivity index (χ2v) is 11.6. The number of aliphatic hydroxyl groups is 3. The summed E-state index contributed by atoms with van der Waals surface area (Å²) in [6, 6.07) is 13.0. The molecule has 43 heavy (non-hydrogen) atoms. The van der Waals surface area contributed by atoms with Crippen molar-refractivity contribution in [3.63, 3.8) is 0 Å². The lowest BCUT2D eigenvalue weighted by atomic mass is 9.84. The van der Waals surface area contributed by atoms with Gasteiger partial charge in [0.05, 0.1) is 32.0 Å². The Labute approximate surface area is 257 Å². The molecule has 2 aliphatic rings. The van der Waals surface area contributed by atoms with Crippen LogP contribution in [0.4, 0.5) is 4.79 Å². The Morgan fingerprint density at radius 1 is 1.16 bits per heavy atom. The highest BCUT2D eigenvalue weighted by molar-refractivity contribution is 6.31. The minimum atomic E-state index is -0.636. The number of aryl methyl sites for hydroxylation is 1. The molecule has 1 aromatic heterocycles. The van der Waals surface area contributed by atoms with Crippen LogP contribution in [0.3, 0.4) is 0 Å². The number of H-pyrrole nitrogens is 1. The standard InChI is InChI=1S/C33H40ClN3O6/c1-22-2-7-27(8-3-22)43-33(41)37-14-12-28-29-20-24(34)6-11-30(29)35-31(28)32(37)23-4-9-26(10-5-23)42-19-13-25(40)21-36(15-17-38)16-18-39/h2-4,6-11,20,23,25,32,35,38-40H,5,12-19,21H2,1H3. The normalized spacial score (nSPS) is 18.9. The van der Waals surface area contributed by atoms with Gasteiger partial charge in [-0.1, -0.05) is 35.4 Å². The summed E-state index contributed by atoms with van der Waals surface area (Å²) in [6.07, 6.45) is 6.78. The monoisotopic (exact) mass is 609 g/mol. The first-order chi connectivity index (χ1) is 20.9.